The van der Waals surface area contributed by atoms with Gasteiger partial charge in [0.25, 0.3) is 6.43 Å². The van der Waals surface area contributed by atoms with E-state index in [1.54, 1.807) is 0 Å². The average molecular weight is 205 g/mol. The predicted octanol–water partition coefficient (Wildman–Crippen LogP) is 1.94. The highest BCUT2D eigenvalue weighted by Crippen LogP contribution is 2.21. The first-order valence-corrected chi connectivity index (χ1v) is 3.58. The second kappa shape index (κ2) is 4.08. The van der Waals surface area contributed by atoms with Crippen LogP contribution in [0.3, 0.4) is 0 Å². The first-order chi connectivity index (χ1) is 6.56. The van der Waals surface area contributed by atoms with E-state index in [0.717, 1.165) is 7.11 Å². The molecule has 0 atom stereocenters. The van der Waals surface area contributed by atoms with Gasteiger partial charge >= 0.3 is 5.97 Å². The normalized spacial score (nSPS) is 10.4. The summed E-state index contributed by atoms with van der Waals surface area (Å²) < 4.78 is 41.3. The number of hydrogen-bond donors (Lipinski definition) is 0. The number of pyridine rings is 1. The summed E-state index contributed by atoms with van der Waals surface area (Å²) in [6.07, 6.45) is -2.32. The lowest BCUT2D eigenvalue weighted by Crippen LogP contribution is -2.08. The molecule has 0 spiro atoms. The standard InChI is InChI=1S/C8H6F3NO2/c1-14-8(13)5-2-4(9)3-12-6(5)7(10)11/h2-3,7H,1H3. The van der Waals surface area contributed by atoms with Crippen molar-refractivity contribution in [3.05, 3.63) is 29.3 Å². The van der Waals surface area contributed by atoms with Crippen molar-refractivity contribution in [1.29, 1.82) is 0 Å². The maximum atomic E-state index is 12.6. The summed E-state index contributed by atoms with van der Waals surface area (Å²) in [6, 6.07) is 0.667. The van der Waals surface area contributed by atoms with Crippen LogP contribution in [0.1, 0.15) is 22.5 Å². The molecule has 0 aromatic carbocycles. The van der Waals surface area contributed by atoms with Crippen LogP contribution in [0.15, 0.2) is 12.3 Å². The molecule has 1 aromatic heterocycles. The maximum Gasteiger partial charge on any atom is 0.340 e. The van der Waals surface area contributed by atoms with E-state index < -0.39 is 29.5 Å². The molecule has 0 radical (unpaired) electrons. The van der Waals surface area contributed by atoms with Crippen molar-refractivity contribution in [2.45, 2.75) is 6.43 Å². The zero-order chi connectivity index (χ0) is 10.7. The summed E-state index contributed by atoms with van der Waals surface area (Å²) in [5.74, 6) is -1.90. The van der Waals surface area contributed by atoms with Crippen molar-refractivity contribution in [2.75, 3.05) is 7.11 Å². The zero-order valence-electron chi connectivity index (χ0n) is 7.13. The second-order valence-corrected chi connectivity index (χ2v) is 2.38. The van der Waals surface area contributed by atoms with Crippen LogP contribution in [0, 0.1) is 5.82 Å². The van der Waals surface area contributed by atoms with Gasteiger partial charge in [-0.15, -0.1) is 0 Å². The van der Waals surface area contributed by atoms with Crippen molar-refractivity contribution in [1.82, 2.24) is 4.98 Å². The van der Waals surface area contributed by atoms with Gasteiger partial charge in [-0.05, 0) is 6.07 Å². The van der Waals surface area contributed by atoms with Crippen LogP contribution >= 0.6 is 0 Å². The highest BCUT2D eigenvalue weighted by molar-refractivity contribution is 5.90. The molecule has 0 unspecified atom stereocenters. The Morgan fingerprint density at radius 1 is 1.57 bits per heavy atom. The third-order valence-corrected chi connectivity index (χ3v) is 1.50. The fraction of sp³-hybridized carbons (Fsp3) is 0.250. The van der Waals surface area contributed by atoms with Gasteiger partial charge in [0.1, 0.15) is 11.5 Å². The van der Waals surface area contributed by atoms with Gasteiger partial charge < -0.3 is 4.74 Å². The maximum absolute atomic E-state index is 12.6. The number of methoxy groups -OCH3 is 1. The molecule has 0 N–H and O–H groups in total. The van der Waals surface area contributed by atoms with Crippen LogP contribution in [0.5, 0.6) is 0 Å². The number of alkyl halides is 2. The van der Waals surface area contributed by atoms with E-state index in [4.69, 9.17) is 0 Å². The summed E-state index contributed by atoms with van der Waals surface area (Å²) in [7, 11) is 1.02. The number of nitrogens with zero attached hydrogens (tertiary/aromatic N) is 1. The highest BCUT2D eigenvalue weighted by atomic mass is 19.3. The molecule has 3 nitrogen and oxygen atoms in total. The summed E-state index contributed by atoms with van der Waals surface area (Å²) >= 11 is 0. The third-order valence-electron chi connectivity index (χ3n) is 1.50. The summed E-state index contributed by atoms with van der Waals surface area (Å²) in [5.41, 5.74) is -1.33. The molecule has 0 saturated heterocycles. The minimum absolute atomic E-state index is 0.553. The number of esters is 1. The van der Waals surface area contributed by atoms with Crippen LogP contribution in [0.25, 0.3) is 0 Å². The number of carbonyl (C=O) groups excluding carboxylic acids is 1. The summed E-state index contributed by atoms with van der Waals surface area (Å²) in [6.45, 7) is 0. The minimum atomic E-state index is -2.94. The quantitative estimate of drug-likeness (QED) is 0.692. The first-order valence-electron chi connectivity index (χ1n) is 3.58. The van der Waals surface area contributed by atoms with E-state index in [0.29, 0.717) is 12.3 Å². The molecule has 0 aliphatic carbocycles. The molecule has 0 aliphatic rings. The minimum Gasteiger partial charge on any atom is -0.465 e. The topological polar surface area (TPSA) is 39.2 Å². The van der Waals surface area contributed by atoms with Gasteiger partial charge in [-0.1, -0.05) is 0 Å². The molecule has 6 heteroatoms. The van der Waals surface area contributed by atoms with Gasteiger partial charge in [0.15, 0.2) is 0 Å². The van der Waals surface area contributed by atoms with Crippen LogP contribution in [0.4, 0.5) is 13.2 Å². The lowest BCUT2D eigenvalue weighted by molar-refractivity contribution is 0.0586. The van der Waals surface area contributed by atoms with Crippen molar-refractivity contribution in [3.63, 3.8) is 0 Å². The van der Waals surface area contributed by atoms with Gasteiger partial charge in [-0.25, -0.2) is 18.0 Å². The number of aromatic nitrogens is 1. The van der Waals surface area contributed by atoms with E-state index in [1.165, 1.54) is 0 Å². The Bertz CT molecular complexity index is 354. The predicted molar refractivity (Wildman–Crippen MR) is 40.5 cm³/mol. The van der Waals surface area contributed by atoms with Crippen LogP contribution < -0.4 is 0 Å². The Morgan fingerprint density at radius 2 is 2.21 bits per heavy atom. The number of rotatable bonds is 2. The smallest absolute Gasteiger partial charge is 0.340 e. The molecule has 0 fully saturated rings. The van der Waals surface area contributed by atoms with Crippen LogP contribution in [-0.2, 0) is 4.74 Å². The first kappa shape index (κ1) is 10.5. The largest absolute Gasteiger partial charge is 0.465 e. The molecular weight excluding hydrogens is 199 g/mol. The van der Waals surface area contributed by atoms with Gasteiger partial charge in [-0.3, -0.25) is 4.98 Å². The molecule has 0 bridgehead atoms. The Balaban J connectivity index is 3.22. The van der Waals surface area contributed by atoms with E-state index >= 15 is 0 Å². The molecule has 1 heterocycles. The number of hydrogen-bond acceptors (Lipinski definition) is 3. The number of halogens is 3. The molecule has 14 heavy (non-hydrogen) atoms. The number of ether oxygens (including phenoxy) is 1. The van der Waals surface area contributed by atoms with Gasteiger partial charge in [0.2, 0.25) is 0 Å². The van der Waals surface area contributed by atoms with E-state index in [1.807, 2.05) is 0 Å². The van der Waals surface area contributed by atoms with Gasteiger partial charge in [-0.2, -0.15) is 0 Å². The fourth-order valence-corrected chi connectivity index (χ4v) is 0.897. The molecule has 0 aliphatic heterocycles. The average Bonchev–Trinajstić information content (AvgIpc) is 2.16. The number of carbonyl (C=O) groups is 1. The SMILES string of the molecule is COC(=O)c1cc(F)cnc1C(F)F. The lowest BCUT2D eigenvalue weighted by atomic mass is 10.2. The van der Waals surface area contributed by atoms with Crippen molar-refractivity contribution in [2.24, 2.45) is 0 Å². The van der Waals surface area contributed by atoms with Crippen molar-refractivity contribution < 1.29 is 22.7 Å². The van der Waals surface area contributed by atoms with E-state index in [2.05, 4.69) is 9.72 Å². The second-order valence-electron chi connectivity index (χ2n) is 2.38. The Hall–Kier alpha value is -1.59. The van der Waals surface area contributed by atoms with E-state index in [9.17, 15) is 18.0 Å². The van der Waals surface area contributed by atoms with Crippen molar-refractivity contribution in [3.8, 4) is 0 Å². The lowest BCUT2D eigenvalue weighted by Gasteiger charge is -2.05. The van der Waals surface area contributed by atoms with Crippen LogP contribution in [0.2, 0.25) is 0 Å². The highest BCUT2D eigenvalue weighted by Gasteiger charge is 2.21. The Morgan fingerprint density at radius 3 is 2.71 bits per heavy atom. The van der Waals surface area contributed by atoms with Crippen LogP contribution in [-0.4, -0.2) is 18.1 Å². The van der Waals surface area contributed by atoms with Crippen molar-refractivity contribution >= 4 is 5.97 Å². The molecule has 0 amide bonds. The molecule has 1 rings (SSSR count). The molecule has 76 valence electrons. The Kier molecular flexibility index (Phi) is 3.06. The monoisotopic (exact) mass is 205 g/mol. The third kappa shape index (κ3) is 2.01. The zero-order valence-corrected chi connectivity index (χ0v) is 7.13. The molecule has 0 saturated carbocycles. The molecular formula is C8H6F3NO2. The summed E-state index contributed by atoms with van der Waals surface area (Å²) in [5, 5.41) is 0. The Labute approximate surface area is 77.5 Å². The van der Waals surface area contributed by atoms with Gasteiger partial charge in [0.05, 0.1) is 18.9 Å². The van der Waals surface area contributed by atoms with Gasteiger partial charge in [0, 0.05) is 0 Å². The summed E-state index contributed by atoms with van der Waals surface area (Å²) in [4.78, 5) is 14.0. The van der Waals surface area contributed by atoms with E-state index in [-0.39, 0.29) is 0 Å². The fourth-order valence-electron chi connectivity index (χ4n) is 0.897. The molecule has 1 aromatic rings.